The van der Waals surface area contributed by atoms with Crippen LogP contribution in [0.4, 0.5) is 0 Å². The summed E-state index contributed by atoms with van der Waals surface area (Å²) in [4.78, 5) is 23.5. The van der Waals surface area contributed by atoms with Crippen LogP contribution < -0.4 is 0 Å². The summed E-state index contributed by atoms with van der Waals surface area (Å²) >= 11 is 7.89. The number of thiazole rings is 1. The topological polar surface area (TPSA) is 63.9 Å². The van der Waals surface area contributed by atoms with Crippen LogP contribution >= 0.6 is 22.9 Å². The van der Waals surface area contributed by atoms with Gasteiger partial charge in [0.15, 0.2) is 0 Å². The predicted molar refractivity (Wildman–Crippen MR) is 111 cm³/mol. The molecule has 0 aromatic carbocycles. The number of carbonyl (C=O) groups is 1. The van der Waals surface area contributed by atoms with Gasteiger partial charge in [-0.1, -0.05) is 11.6 Å². The zero-order chi connectivity index (χ0) is 19.7. The van der Waals surface area contributed by atoms with Crippen LogP contribution in [0.5, 0.6) is 0 Å². The molecule has 0 spiro atoms. The summed E-state index contributed by atoms with van der Waals surface area (Å²) in [5.74, 6) is 0.505. The van der Waals surface area contributed by atoms with Gasteiger partial charge in [-0.2, -0.15) is 5.10 Å². The van der Waals surface area contributed by atoms with Crippen LogP contribution in [-0.2, 0) is 11.3 Å². The largest absolute Gasteiger partial charge is 0.341 e. The zero-order valence-corrected chi connectivity index (χ0v) is 17.5. The Balaban J connectivity index is 1.36. The van der Waals surface area contributed by atoms with Crippen molar-refractivity contribution in [2.24, 2.45) is 0 Å². The molecule has 0 N–H and O–H groups in total. The van der Waals surface area contributed by atoms with Gasteiger partial charge in [-0.05, 0) is 38.8 Å². The maximum Gasteiger partial charge on any atom is 0.244 e. The van der Waals surface area contributed by atoms with Gasteiger partial charge in [-0.15, -0.1) is 11.3 Å². The van der Waals surface area contributed by atoms with Crippen LogP contribution in [-0.4, -0.2) is 43.6 Å². The molecule has 28 heavy (non-hydrogen) atoms. The molecule has 0 unspecified atom stereocenters. The minimum absolute atomic E-state index is 0.0948. The van der Waals surface area contributed by atoms with E-state index in [1.54, 1.807) is 28.4 Å². The number of aromatic nitrogens is 4. The summed E-state index contributed by atoms with van der Waals surface area (Å²) in [6.07, 6.45) is 5.45. The molecule has 146 valence electrons. The normalized spacial score (nSPS) is 15.2. The van der Waals surface area contributed by atoms with Crippen molar-refractivity contribution in [2.75, 3.05) is 13.1 Å². The Kier molecular flexibility index (Phi) is 5.46. The first kappa shape index (κ1) is 19.1. The molecule has 3 aromatic rings. The molecule has 6 nitrogen and oxygen atoms in total. The highest BCUT2D eigenvalue weighted by Gasteiger charge is 2.26. The maximum atomic E-state index is 12.7. The van der Waals surface area contributed by atoms with Gasteiger partial charge in [0.2, 0.25) is 5.91 Å². The van der Waals surface area contributed by atoms with Crippen molar-refractivity contribution in [1.29, 1.82) is 0 Å². The maximum absolute atomic E-state index is 12.7. The van der Waals surface area contributed by atoms with E-state index in [9.17, 15) is 4.79 Å². The van der Waals surface area contributed by atoms with Crippen molar-refractivity contribution in [3.8, 4) is 11.3 Å². The molecule has 4 rings (SSSR count). The SMILES string of the molecule is Cc1nn(CC(=O)N2CCC(c3nc(-c4ccncc4)cs3)CC2)c(C)c1Cl. The molecule has 0 aliphatic carbocycles. The summed E-state index contributed by atoms with van der Waals surface area (Å²) < 4.78 is 1.70. The molecule has 1 saturated heterocycles. The third-order valence-electron chi connectivity index (χ3n) is 5.27. The molecular weight excluding hydrogens is 394 g/mol. The van der Waals surface area contributed by atoms with E-state index < -0.39 is 0 Å². The number of nitrogens with zero attached hydrogens (tertiary/aromatic N) is 5. The second kappa shape index (κ2) is 8.01. The first-order valence-corrected chi connectivity index (χ1v) is 10.6. The lowest BCUT2D eigenvalue weighted by Crippen LogP contribution is -2.40. The van der Waals surface area contributed by atoms with Crippen LogP contribution in [0.25, 0.3) is 11.3 Å². The Hall–Kier alpha value is -2.25. The zero-order valence-electron chi connectivity index (χ0n) is 15.9. The number of piperidine rings is 1. The van der Waals surface area contributed by atoms with Gasteiger partial charge in [0, 0.05) is 42.3 Å². The highest BCUT2D eigenvalue weighted by Crippen LogP contribution is 2.33. The van der Waals surface area contributed by atoms with Crippen LogP contribution in [0.15, 0.2) is 29.9 Å². The van der Waals surface area contributed by atoms with Crippen LogP contribution in [0.2, 0.25) is 5.02 Å². The average molecular weight is 416 g/mol. The van der Waals surface area contributed by atoms with Gasteiger partial charge >= 0.3 is 0 Å². The lowest BCUT2D eigenvalue weighted by Gasteiger charge is -2.31. The molecule has 0 saturated carbocycles. The lowest BCUT2D eigenvalue weighted by molar-refractivity contribution is -0.133. The summed E-state index contributed by atoms with van der Waals surface area (Å²) in [5, 5.41) is 8.26. The Morgan fingerprint density at radius 1 is 1.25 bits per heavy atom. The fourth-order valence-electron chi connectivity index (χ4n) is 3.56. The average Bonchev–Trinajstić information content (AvgIpc) is 3.31. The van der Waals surface area contributed by atoms with E-state index in [-0.39, 0.29) is 12.5 Å². The second-order valence-corrected chi connectivity index (χ2v) is 8.37. The predicted octanol–water partition coefficient (Wildman–Crippen LogP) is 4.08. The number of carbonyl (C=O) groups excluding carboxylic acids is 1. The number of aryl methyl sites for hydroxylation is 1. The number of hydrogen-bond acceptors (Lipinski definition) is 5. The van der Waals surface area contributed by atoms with Crippen molar-refractivity contribution in [1.82, 2.24) is 24.6 Å². The van der Waals surface area contributed by atoms with Gasteiger partial charge in [0.1, 0.15) is 6.54 Å². The van der Waals surface area contributed by atoms with Gasteiger partial charge in [-0.3, -0.25) is 14.5 Å². The molecule has 1 aliphatic heterocycles. The Morgan fingerprint density at radius 3 is 2.61 bits per heavy atom. The number of pyridine rings is 1. The van der Waals surface area contributed by atoms with Crippen molar-refractivity contribution >= 4 is 28.8 Å². The molecule has 0 bridgehead atoms. The minimum Gasteiger partial charge on any atom is -0.341 e. The number of halogens is 1. The van der Waals surface area contributed by atoms with Gasteiger partial charge in [0.05, 0.1) is 27.1 Å². The van der Waals surface area contributed by atoms with Crippen LogP contribution in [0.3, 0.4) is 0 Å². The number of hydrogen-bond donors (Lipinski definition) is 0. The van der Waals surface area contributed by atoms with Gasteiger partial charge < -0.3 is 4.90 Å². The van der Waals surface area contributed by atoms with E-state index in [1.807, 2.05) is 30.9 Å². The molecule has 1 fully saturated rings. The summed E-state index contributed by atoms with van der Waals surface area (Å²) in [6, 6.07) is 3.96. The first-order valence-electron chi connectivity index (χ1n) is 9.36. The van der Waals surface area contributed by atoms with Crippen LogP contribution in [0.1, 0.15) is 35.2 Å². The third-order valence-corrected chi connectivity index (χ3v) is 6.83. The molecule has 1 amide bonds. The molecule has 3 aromatic heterocycles. The second-order valence-electron chi connectivity index (χ2n) is 7.10. The minimum atomic E-state index is 0.0948. The summed E-state index contributed by atoms with van der Waals surface area (Å²) in [6.45, 7) is 5.50. The number of likely N-dealkylation sites (tertiary alicyclic amines) is 1. The molecule has 8 heteroatoms. The number of rotatable bonds is 4. The van der Waals surface area contributed by atoms with E-state index in [0.717, 1.165) is 53.6 Å². The smallest absolute Gasteiger partial charge is 0.244 e. The molecule has 1 aliphatic rings. The van der Waals surface area contributed by atoms with Gasteiger partial charge in [0.25, 0.3) is 0 Å². The summed E-state index contributed by atoms with van der Waals surface area (Å²) in [7, 11) is 0. The standard InChI is InChI=1S/C20H22ClN5OS/c1-13-19(21)14(2)26(24-13)11-18(27)25-9-5-16(6-10-25)20-23-17(12-28-20)15-3-7-22-8-4-15/h3-4,7-8,12,16H,5-6,9-11H2,1-2H3. The molecule has 0 atom stereocenters. The Bertz CT molecular complexity index is 976. The van der Waals surface area contributed by atoms with E-state index in [0.29, 0.717) is 10.9 Å². The van der Waals surface area contributed by atoms with Crippen molar-refractivity contribution in [2.45, 2.75) is 39.2 Å². The highest BCUT2D eigenvalue weighted by molar-refractivity contribution is 7.10. The third kappa shape index (κ3) is 3.82. The fourth-order valence-corrected chi connectivity index (χ4v) is 4.70. The number of amides is 1. The van der Waals surface area contributed by atoms with Crippen molar-refractivity contribution in [3.05, 3.63) is 51.3 Å². The molecule has 4 heterocycles. The Morgan fingerprint density at radius 2 is 1.96 bits per heavy atom. The van der Waals surface area contributed by atoms with Crippen molar-refractivity contribution < 1.29 is 4.79 Å². The van der Waals surface area contributed by atoms with Gasteiger partial charge in [-0.25, -0.2) is 4.98 Å². The van der Waals surface area contributed by atoms with E-state index in [4.69, 9.17) is 16.6 Å². The lowest BCUT2D eigenvalue weighted by atomic mass is 9.97. The first-order chi connectivity index (χ1) is 13.5. The Labute approximate surface area is 173 Å². The molecular formula is C20H22ClN5OS. The van der Waals surface area contributed by atoms with Crippen LogP contribution in [0, 0.1) is 13.8 Å². The summed E-state index contributed by atoms with van der Waals surface area (Å²) in [5.41, 5.74) is 3.70. The van der Waals surface area contributed by atoms with E-state index in [1.165, 1.54) is 0 Å². The fraction of sp³-hybridized carbons (Fsp3) is 0.400. The molecule has 0 radical (unpaired) electrons. The van der Waals surface area contributed by atoms with E-state index >= 15 is 0 Å². The van der Waals surface area contributed by atoms with Crippen molar-refractivity contribution in [3.63, 3.8) is 0 Å². The monoisotopic (exact) mass is 415 g/mol. The highest BCUT2D eigenvalue weighted by atomic mass is 35.5. The quantitative estimate of drug-likeness (QED) is 0.644. The van der Waals surface area contributed by atoms with E-state index in [2.05, 4.69) is 15.5 Å².